The molecule has 0 bridgehead atoms. The Morgan fingerprint density at radius 1 is 1.31 bits per heavy atom. The molecule has 0 radical (unpaired) electrons. The second-order valence-corrected chi connectivity index (χ2v) is 7.35. The van der Waals surface area contributed by atoms with Crippen LogP contribution in [-0.4, -0.2) is 22.8 Å². The number of methoxy groups -OCH3 is 1. The van der Waals surface area contributed by atoms with Crippen LogP contribution in [0.5, 0.6) is 5.75 Å². The van der Waals surface area contributed by atoms with Gasteiger partial charge < -0.3 is 9.84 Å². The Hall–Kier alpha value is -2.78. The number of ether oxygens (including phenoxy) is 1. The quantitative estimate of drug-likeness (QED) is 0.880. The number of pyridine rings is 1. The van der Waals surface area contributed by atoms with E-state index in [0.29, 0.717) is 21.7 Å². The fourth-order valence-electron chi connectivity index (χ4n) is 2.85. The number of hydrogen-bond acceptors (Lipinski definition) is 4. The number of carboxylic acid groups (broad SMARTS) is 1. The Morgan fingerprint density at radius 2 is 1.96 bits per heavy atom. The number of aliphatic carboxylic acids is 1. The molecule has 0 aliphatic carbocycles. The van der Waals surface area contributed by atoms with Gasteiger partial charge in [0.1, 0.15) is 11.8 Å². The first kappa shape index (κ1) is 19.5. The third-order valence-corrected chi connectivity index (χ3v) is 4.22. The molecule has 1 aromatic carbocycles. The second kappa shape index (κ2) is 7.22. The summed E-state index contributed by atoms with van der Waals surface area (Å²) in [5.41, 5.74) is -0.0483. The Kier molecular flexibility index (Phi) is 5.43. The molecule has 1 aromatic heterocycles. The molecule has 1 unspecified atom stereocenters. The number of aromatic nitrogens is 1. The predicted molar refractivity (Wildman–Crippen MR) is 98.5 cm³/mol. The van der Waals surface area contributed by atoms with Gasteiger partial charge in [0.05, 0.1) is 24.9 Å². The van der Waals surface area contributed by atoms with Crippen LogP contribution in [0.4, 0.5) is 0 Å². The summed E-state index contributed by atoms with van der Waals surface area (Å²) >= 11 is 6.03. The van der Waals surface area contributed by atoms with Crippen molar-refractivity contribution in [1.82, 2.24) is 4.57 Å². The van der Waals surface area contributed by atoms with Crippen molar-refractivity contribution in [1.29, 1.82) is 5.26 Å². The minimum absolute atomic E-state index is 0.277. The van der Waals surface area contributed by atoms with Gasteiger partial charge in [0.25, 0.3) is 5.56 Å². The molecule has 7 heteroatoms. The summed E-state index contributed by atoms with van der Waals surface area (Å²) in [5.74, 6) is -0.839. The van der Waals surface area contributed by atoms with Crippen LogP contribution in [0.2, 0.25) is 5.02 Å². The van der Waals surface area contributed by atoms with Crippen molar-refractivity contribution in [3.8, 4) is 22.9 Å². The van der Waals surface area contributed by atoms with E-state index in [1.54, 1.807) is 39.0 Å². The molecule has 2 aromatic rings. The Labute approximate surface area is 156 Å². The Morgan fingerprint density at radius 3 is 2.46 bits per heavy atom. The lowest BCUT2D eigenvalue weighted by molar-refractivity contribution is -0.144. The van der Waals surface area contributed by atoms with Gasteiger partial charge in [0.15, 0.2) is 0 Å². The number of carbonyl (C=O) groups is 1. The van der Waals surface area contributed by atoms with Gasteiger partial charge in [0, 0.05) is 22.2 Å². The fourth-order valence-corrected chi connectivity index (χ4v) is 3.02. The lowest BCUT2D eigenvalue weighted by atomic mass is 9.86. The number of benzene rings is 1. The highest BCUT2D eigenvalue weighted by Gasteiger charge is 2.34. The first-order chi connectivity index (χ1) is 12.1. The number of halogens is 1. The smallest absolute Gasteiger partial charge is 0.327 e. The normalized spacial score (nSPS) is 12.3. The molecule has 136 valence electrons. The zero-order valence-corrected chi connectivity index (χ0v) is 15.7. The standard InChI is InChI=1S/C19H19ClN2O4/c1-19(2,3)17(18(24)25)22-10-15(26-4)14(8-16(22)23)13-7-12(20)6-5-11(13)9-21/h5-8,10,17H,1-4H3,(H,24,25). The van der Waals surface area contributed by atoms with Crippen LogP contribution in [0.15, 0.2) is 35.3 Å². The maximum Gasteiger partial charge on any atom is 0.327 e. The molecule has 0 saturated heterocycles. The van der Waals surface area contributed by atoms with Crippen LogP contribution >= 0.6 is 11.6 Å². The zero-order valence-electron chi connectivity index (χ0n) is 14.9. The number of nitrogens with zero attached hydrogens (tertiary/aromatic N) is 2. The molecule has 0 saturated carbocycles. The average molecular weight is 375 g/mol. The molecule has 0 aliphatic heterocycles. The van der Waals surface area contributed by atoms with Crippen LogP contribution in [0.25, 0.3) is 11.1 Å². The van der Waals surface area contributed by atoms with Gasteiger partial charge in [-0.15, -0.1) is 0 Å². The van der Waals surface area contributed by atoms with Crippen LogP contribution in [-0.2, 0) is 4.79 Å². The van der Waals surface area contributed by atoms with Crippen LogP contribution in [0.1, 0.15) is 32.4 Å². The number of rotatable bonds is 4. The molecule has 1 heterocycles. The third kappa shape index (κ3) is 3.73. The van der Waals surface area contributed by atoms with Crippen molar-refractivity contribution >= 4 is 17.6 Å². The van der Waals surface area contributed by atoms with E-state index in [4.69, 9.17) is 16.3 Å². The summed E-state index contributed by atoms with van der Waals surface area (Å²) < 4.78 is 6.51. The van der Waals surface area contributed by atoms with E-state index < -0.39 is 23.0 Å². The summed E-state index contributed by atoms with van der Waals surface area (Å²) in [7, 11) is 1.41. The van der Waals surface area contributed by atoms with Crippen molar-refractivity contribution in [2.45, 2.75) is 26.8 Å². The molecule has 0 fully saturated rings. The van der Waals surface area contributed by atoms with E-state index in [0.717, 1.165) is 4.57 Å². The predicted octanol–water partition coefficient (Wildman–Crippen LogP) is 3.72. The molecule has 0 aliphatic rings. The van der Waals surface area contributed by atoms with E-state index in [1.807, 2.05) is 0 Å². The Bertz CT molecular complexity index is 951. The van der Waals surface area contributed by atoms with E-state index in [1.165, 1.54) is 19.4 Å². The SMILES string of the molecule is COc1cn(C(C(=O)O)C(C)(C)C)c(=O)cc1-c1cc(Cl)ccc1C#N. The monoisotopic (exact) mass is 374 g/mol. The lowest BCUT2D eigenvalue weighted by Crippen LogP contribution is -2.37. The maximum absolute atomic E-state index is 12.7. The highest BCUT2D eigenvalue weighted by molar-refractivity contribution is 6.31. The third-order valence-electron chi connectivity index (χ3n) is 3.99. The van der Waals surface area contributed by atoms with Crippen molar-refractivity contribution < 1.29 is 14.6 Å². The topological polar surface area (TPSA) is 92.3 Å². The second-order valence-electron chi connectivity index (χ2n) is 6.91. The van der Waals surface area contributed by atoms with Crippen molar-refractivity contribution in [3.05, 3.63) is 51.4 Å². The van der Waals surface area contributed by atoms with Gasteiger partial charge in [-0.2, -0.15) is 5.26 Å². The van der Waals surface area contributed by atoms with Crippen molar-refractivity contribution in [3.63, 3.8) is 0 Å². The summed E-state index contributed by atoms with van der Waals surface area (Å²) in [6.07, 6.45) is 1.36. The Balaban J connectivity index is 2.77. The largest absolute Gasteiger partial charge is 0.495 e. The highest BCUT2D eigenvalue weighted by Crippen LogP contribution is 2.35. The molecule has 1 N–H and O–H groups in total. The summed E-state index contributed by atoms with van der Waals surface area (Å²) in [6, 6.07) is 6.95. The maximum atomic E-state index is 12.7. The molecular weight excluding hydrogens is 356 g/mol. The summed E-state index contributed by atoms with van der Waals surface area (Å²) in [5, 5.41) is 19.3. The summed E-state index contributed by atoms with van der Waals surface area (Å²) in [4.78, 5) is 24.4. The van der Waals surface area contributed by atoms with Crippen LogP contribution < -0.4 is 10.3 Å². The van der Waals surface area contributed by atoms with Crippen molar-refractivity contribution in [2.75, 3.05) is 7.11 Å². The molecule has 6 nitrogen and oxygen atoms in total. The molecule has 0 amide bonds. The van der Waals surface area contributed by atoms with Gasteiger partial charge in [0.2, 0.25) is 0 Å². The van der Waals surface area contributed by atoms with Gasteiger partial charge in [-0.1, -0.05) is 32.4 Å². The van der Waals surface area contributed by atoms with Crippen LogP contribution in [0.3, 0.4) is 0 Å². The summed E-state index contributed by atoms with van der Waals surface area (Å²) in [6.45, 7) is 5.22. The minimum atomic E-state index is -1.12. The van der Waals surface area contributed by atoms with E-state index >= 15 is 0 Å². The average Bonchev–Trinajstić information content (AvgIpc) is 2.54. The van der Waals surface area contributed by atoms with Gasteiger partial charge in [-0.05, 0) is 23.6 Å². The zero-order chi connectivity index (χ0) is 19.6. The number of hydrogen-bond donors (Lipinski definition) is 1. The van der Waals surface area contributed by atoms with Gasteiger partial charge >= 0.3 is 5.97 Å². The van der Waals surface area contributed by atoms with Crippen LogP contribution in [0, 0.1) is 16.7 Å². The van der Waals surface area contributed by atoms with E-state index in [9.17, 15) is 20.0 Å². The number of carboxylic acids is 1. The van der Waals surface area contributed by atoms with Gasteiger partial charge in [-0.3, -0.25) is 9.36 Å². The molecule has 0 spiro atoms. The van der Waals surface area contributed by atoms with E-state index in [2.05, 4.69) is 6.07 Å². The molecule has 1 atom stereocenters. The lowest BCUT2D eigenvalue weighted by Gasteiger charge is -2.29. The first-order valence-electron chi connectivity index (χ1n) is 7.83. The molecule has 2 rings (SSSR count). The first-order valence-corrected chi connectivity index (χ1v) is 8.21. The van der Waals surface area contributed by atoms with E-state index in [-0.39, 0.29) is 5.75 Å². The molecule has 26 heavy (non-hydrogen) atoms. The number of nitriles is 1. The molecular formula is C19H19ClN2O4. The fraction of sp³-hybridized carbons (Fsp3) is 0.316. The minimum Gasteiger partial charge on any atom is -0.495 e. The van der Waals surface area contributed by atoms with Crippen molar-refractivity contribution in [2.24, 2.45) is 5.41 Å². The van der Waals surface area contributed by atoms with Gasteiger partial charge in [-0.25, -0.2) is 4.79 Å². The highest BCUT2D eigenvalue weighted by atomic mass is 35.5.